The number of carboxylic acids is 1. The summed E-state index contributed by atoms with van der Waals surface area (Å²) in [6.07, 6.45) is 11.7. The van der Waals surface area contributed by atoms with Gasteiger partial charge in [-0.1, -0.05) is 93.1 Å². The molecular formula is C37H43N3O3. The summed E-state index contributed by atoms with van der Waals surface area (Å²) >= 11 is 0. The van der Waals surface area contributed by atoms with Crippen molar-refractivity contribution in [2.24, 2.45) is 5.92 Å². The van der Waals surface area contributed by atoms with Crippen LogP contribution in [-0.4, -0.2) is 33.8 Å². The summed E-state index contributed by atoms with van der Waals surface area (Å²) in [6, 6.07) is 24.2. The van der Waals surface area contributed by atoms with Gasteiger partial charge < -0.3 is 9.84 Å². The number of rotatable bonds is 13. The van der Waals surface area contributed by atoms with E-state index >= 15 is 0 Å². The third-order valence-corrected chi connectivity index (χ3v) is 8.87. The smallest absolute Gasteiger partial charge is 0.321 e. The number of aryl methyl sites for hydroxylation is 1. The number of ether oxygens (including phenoxy) is 1. The van der Waals surface area contributed by atoms with Gasteiger partial charge in [-0.05, 0) is 78.2 Å². The molecule has 1 aromatic heterocycles. The molecular weight excluding hydrogens is 534 g/mol. The lowest BCUT2D eigenvalue weighted by Crippen LogP contribution is -2.39. The fourth-order valence-electron chi connectivity index (χ4n) is 5.95. The van der Waals surface area contributed by atoms with Crippen molar-refractivity contribution in [3.05, 3.63) is 107 Å². The van der Waals surface area contributed by atoms with Gasteiger partial charge in [0.2, 0.25) is 0 Å². The maximum Gasteiger partial charge on any atom is 0.321 e. The quantitative estimate of drug-likeness (QED) is 0.125. The van der Waals surface area contributed by atoms with Gasteiger partial charge in [0, 0.05) is 23.5 Å². The molecule has 0 amide bonds. The molecule has 0 spiro atoms. The van der Waals surface area contributed by atoms with Crippen LogP contribution >= 0.6 is 0 Å². The van der Waals surface area contributed by atoms with Crippen LogP contribution in [0.15, 0.2) is 85.2 Å². The highest BCUT2D eigenvalue weighted by Crippen LogP contribution is 2.37. The van der Waals surface area contributed by atoms with Gasteiger partial charge in [-0.3, -0.25) is 10.1 Å². The van der Waals surface area contributed by atoms with Crippen molar-refractivity contribution in [2.75, 3.05) is 6.73 Å². The van der Waals surface area contributed by atoms with Gasteiger partial charge in [0.15, 0.2) is 5.82 Å². The molecule has 1 heterocycles. The van der Waals surface area contributed by atoms with E-state index in [0.29, 0.717) is 24.8 Å². The van der Waals surface area contributed by atoms with Crippen molar-refractivity contribution < 1.29 is 14.6 Å². The first-order valence-electron chi connectivity index (χ1n) is 15.7. The van der Waals surface area contributed by atoms with E-state index < -0.39 is 12.0 Å². The Labute approximate surface area is 255 Å². The van der Waals surface area contributed by atoms with Crippen LogP contribution in [0.4, 0.5) is 0 Å². The first kappa shape index (κ1) is 30.6. The van der Waals surface area contributed by atoms with E-state index in [4.69, 9.17) is 4.74 Å². The molecule has 1 atom stereocenters. The van der Waals surface area contributed by atoms with Gasteiger partial charge in [-0.2, -0.15) is 0 Å². The van der Waals surface area contributed by atoms with Crippen molar-refractivity contribution in [1.82, 2.24) is 15.3 Å². The summed E-state index contributed by atoms with van der Waals surface area (Å²) in [4.78, 5) is 21.1. The summed E-state index contributed by atoms with van der Waals surface area (Å²) in [7, 11) is 0. The summed E-state index contributed by atoms with van der Waals surface area (Å²) in [5, 5.41) is 12.7. The lowest BCUT2D eigenvalue weighted by Gasteiger charge is -2.28. The highest BCUT2D eigenvalue weighted by molar-refractivity contribution is 5.74. The number of benzene rings is 3. The van der Waals surface area contributed by atoms with Crippen LogP contribution in [0.25, 0.3) is 22.5 Å². The second-order valence-electron chi connectivity index (χ2n) is 11.7. The van der Waals surface area contributed by atoms with Gasteiger partial charge in [0.25, 0.3) is 0 Å². The third kappa shape index (κ3) is 8.37. The van der Waals surface area contributed by atoms with E-state index in [9.17, 15) is 9.90 Å². The highest BCUT2D eigenvalue weighted by Gasteiger charge is 2.21. The van der Waals surface area contributed by atoms with Crippen LogP contribution in [0.3, 0.4) is 0 Å². The van der Waals surface area contributed by atoms with Gasteiger partial charge in [0.05, 0.1) is 13.3 Å². The highest BCUT2D eigenvalue weighted by atomic mass is 16.5. The van der Waals surface area contributed by atoms with Crippen LogP contribution in [0.2, 0.25) is 0 Å². The van der Waals surface area contributed by atoms with Gasteiger partial charge in [0.1, 0.15) is 6.04 Å². The first-order valence-corrected chi connectivity index (χ1v) is 15.7. The van der Waals surface area contributed by atoms with Crippen molar-refractivity contribution in [3.63, 3.8) is 0 Å². The molecule has 0 saturated heterocycles. The number of nitrogens with one attached hydrogen (secondary N) is 1. The molecule has 43 heavy (non-hydrogen) atoms. The molecule has 6 nitrogen and oxygen atoms in total. The number of aromatic nitrogens is 2. The maximum absolute atomic E-state index is 11.9. The van der Waals surface area contributed by atoms with Crippen LogP contribution in [-0.2, 0) is 29.0 Å². The molecule has 224 valence electrons. The van der Waals surface area contributed by atoms with Gasteiger partial charge >= 0.3 is 5.97 Å². The number of hydrogen-bond acceptors (Lipinski definition) is 5. The SMILES string of the molecule is CCc1ccc(COCN[C@@H](Cc2ccc(-c3ncc(-c4ccc(C5CCC(CC)CC5)cc4)cn3)cc2)C(=O)O)cc1. The number of hydrogen-bond donors (Lipinski definition) is 2. The number of carbonyl (C=O) groups is 1. The Morgan fingerprint density at radius 2 is 1.42 bits per heavy atom. The summed E-state index contributed by atoms with van der Waals surface area (Å²) in [6.45, 7) is 5.03. The lowest BCUT2D eigenvalue weighted by atomic mass is 9.78. The molecule has 1 fully saturated rings. The van der Waals surface area contributed by atoms with Crippen molar-refractivity contribution in [2.45, 2.75) is 77.4 Å². The molecule has 1 aliphatic carbocycles. The number of carboxylic acid groups (broad SMARTS) is 1. The molecule has 0 aliphatic heterocycles. The zero-order valence-corrected chi connectivity index (χ0v) is 25.3. The van der Waals surface area contributed by atoms with Crippen molar-refractivity contribution in [1.29, 1.82) is 0 Å². The van der Waals surface area contributed by atoms with Crippen LogP contribution in [0, 0.1) is 5.92 Å². The van der Waals surface area contributed by atoms with Crippen molar-refractivity contribution >= 4 is 5.97 Å². The monoisotopic (exact) mass is 577 g/mol. The standard InChI is InChI=1S/C37H43N3O3/c1-3-26-5-7-29(8-6-26)24-43-25-40-35(37(41)42)21-28-11-15-33(16-12-28)36-38-22-34(23-39-36)32-19-17-31(18-20-32)30-13-9-27(4-2)10-14-30/h5-8,11-12,15-20,22-23,27,30,35,40H,3-4,9-10,13-14,21,24-25H2,1-2H3,(H,41,42)/t27?,30?,35-/m0/s1. The fraction of sp³-hybridized carbons (Fsp3) is 0.378. The Balaban J connectivity index is 1.12. The van der Waals surface area contributed by atoms with E-state index in [-0.39, 0.29) is 6.73 Å². The second-order valence-corrected chi connectivity index (χ2v) is 11.7. The Kier molecular flexibility index (Phi) is 10.7. The third-order valence-electron chi connectivity index (χ3n) is 8.87. The summed E-state index contributed by atoms with van der Waals surface area (Å²) in [5.74, 6) is 1.33. The predicted molar refractivity (Wildman–Crippen MR) is 172 cm³/mol. The molecule has 6 heteroatoms. The van der Waals surface area contributed by atoms with E-state index in [2.05, 4.69) is 65.5 Å². The van der Waals surface area contributed by atoms with Gasteiger partial charge in [-0.25, -0.2) is 9.97 Å². The van der Waals surface area contributed by atoms with Crippen LogP contribution < -0.4 is 5.32 Å². The Morgan fingerprint density at radius 1 is 0.814 bits per heavy atom. The van der Waals surface area contributed by atoms with E-state index in [1.54, 1.807) is 0 Å². The molecule has 0 unspecified atom stereocenters. The minimum absolute atomic E-state index is 0.160. The minimum atomic E-state index is -0.907. The van der Waals surface area contributed by atoms with E-state index in [1.165, 1.54) is 43.2 Å². The zero-order valence-electron chi connectivity index (χ0n) is 25.3. The second kappa shape index (κ2) is 15.0. The van der Waals surface area contributed by atoms with Gasteiger partial charge in [-0.15, -0.1) is 0 Å². The average Bonchev–Trinajstić information content (AvgIpc) is 3.07. The molecule has 0 bridgehead atoms. The van der Waals surface area contributed by atoms with Crippen molar-refractivity contribution in [3.8, 4) is 22.5 Å². The van der Waals surface area contributed by atoms with E-state index in [1.807, 2.05) is 48.8 Å². The predicted octanol–water partition coefficient (Wildman–Crippen LogP) is 7.82. The Bertz CT molecular complexity index is 1430. The number of nitrogens with zero attached hydrogens (tertiary/aromatic N) is 2. The maximum atomic E-state index is 11.9. The molecule has 1 saturated carbocycles. The molecule has 0 radical (unpaired) electrons. The normalized spacial score (nSPS) is 17.4. The average molecular weight is 578 g/mol. The molecule has 4 aromatic rings. The Morgan fingerprint density at radius 3 is 2.02 bits per heavy atom. The fourth-order valence-corrected chi connectivity index (χ4v) is 5.95. The largest absolute Gasteiger partial charge is 0.480 e. The minimum Gasteiger partial charge on any atom is -0.480 e. The van der Waals surface area contributed by atoms with Crippen LogP contribution in [0.5, 0.6) is 0 Å². The molecule has 3 aromatic carbocycles. The lowest BCUT2D eigenvalue weighted by molar-refractivity contribution is -0.140. The van der Waals surface area contributed by atoms with Crippen LogP contribution in [0.1, 0.15) is 74.1 Å². The molecule has 5 rings (SSSR count). The Hall–Kier alpha value is -3.87. The zero-order chi connectivity index (χ0) is 30.0. The topological polar surface area (TPSA) is 84.3 Å². The number of aliphatic carboxylic acids is 1. The molecule has 2 N–H and O–H groups in total. The summed E-state index contributed by atoms with van der Waals surface area (Å²) in [5.41, 5.74) is 7.72. The van der Waals surface area contributed by atoms with E-state index in [0.717, 1.165) is 40.2 Å². The summed E-state index contributed by atoms with van der Waals surface area (Å²) < 4.78 is 5.68. The molecule has 1 aliphatic rings. The first-order chi connectivity index (χ1) is 21.0.